The fourth-order valence-corrected chi connectivity index (χ4v) is 1.71. The molecule has 1 aromatic carbocycles. The first-order valence-corrected chi connectivity index (χ1v) is 5.47. The van der Waals surface area contributed by atoms with Crippen LogP contribution in [0.3, 0.4) is 0 Å². The molecule has 3 nitrogen and oxygen atoms in total. The molecule has 0 fully saturated rings. The smallest absolute Gasteiger partial charge is 0.251 e. The highest BCUT2D eigenvalue weighted by atomic mass is 19.1. The van der Waals surface area contributed by atoms with Crippen molar-refractivity contribution in [3.05, 3.63) is 51.7 Å². The lowest BCUT2D eigenvalue weighted by Crippen LogP contribution is -2.10. The van der Waals surface area contributed by atoms with Gasteiger partial charge < -0.3 is 4.98 Å². The maximum Gasteiger partial charge on any atom is 0.251 e. The molecule has 0 amide bonds. The average Bonchev–Trinajstić information content (AvgIpc) is 2.28. The molecule has 0 bridgehead atoms. The zero-order valence-electron chi connectivity index (χ0n) is 9.75. The van der Waals surface area contributed by atoms with Gasteiger partial charge in [-0.15, -0.1) is 0 Å². The molecule has 0 radical (unpaired) electrons. The normalized spacial score (nSPS) is 10.5. The molecule has 2 aromatic rings. The van der Waals surface area contributed by atoms with Gasteiger partial charge in [-0.2, -0.15) is 0 Å². The number of nitrogens with one attached hydrogen (secondary N) is 1. The topological polar surface area (TPSA) is 45.8 Å². The van der Waals surface area contributed by atoms with E-state index in [0.717, 1.165) is 16.8 Å². The van der Waals surface area contributed by atoms with E-state index in [4.69, 9.17) is 0 Å². The number of aryl methyl sites for hydroxylation is 2. The number of H-pyrrole nitrogens is 1. The summed E-state index contributed by atoms with van der Waals surface area (Å²) >= 11 is 0. The molecule has 88 valence electrons. The molecular formula is C13H13FN2O. The largest absolute Gasteiger partial charge is 0.307 e. The molecule has 1 N–H and O–H groups in total. The van der Waals surface area contributed by atoms with Crippen molar-refractivity contribution in [1.29, 1.82) is 0 Å². The Morgan fingerprint density at radius 2 is 2.12 bits per heavy atom. The van der Waals surface area contributed by atoms with Crippen LogP contribution in [0.15, 0.2) is 29.1 Å². The van der Waals surface area contributed by atoms with E-state index in [2.05, 4.69) is 9.97 Å². The van der Waals surface area contributed by atoms with Crippen molar-refractivity contribution in [2.24, 2.45) is 0 Å². The standard InChI is InChI=1S/C13H13FN2O/c1-3-10-7-12(17)16-13(15-10)11-5-4-9(14)6-8(11)2/h4-7H,3H2,1-2H3,(H,15,16,17). The van der Waals surface area contributed by atoms with Crippen molar-refractivity contribution in [3.8, 4) is 11.4 Å². The first-order valence-electron chi connectivity index (χ1n) is 5.47. The Morgan fingerprint density at radius 1 is 1.35 bits per heavy atom. The zero-order chi connectivity index (χ0) is 12.4. The van der Waals surface area contributed by atoms with Gasteiger partial charge in [0.15, 0.2) is 0 Å². The van der Waals surface area contributed by atoms with Crippen LogP contribution in [0.1, 0.15) is 18.2 Å². The van der Waals surface area contributed by atoms with Gasteiger partial charge in [0, 0.05) is 17.3 Å². The number of rotatable bonds is 2. The molecule has 0 saturated heterocycles. The average molecular weight is 232 g/mol. The van der Waals surface area contributed by atoms with Crippen LogP contribution >= 0.6 is 0 Å². The molecule has 0 atom stereocenters. The molecule has 0 aliphatic rings. The van der Waals surface area contributed by atoms with E-state index in [9.17, 15) is 9.18 Å². The Balaban J connectivity index is 2.60. The number of hydrogen-bond acceptors (Lipinski definition) is 2. The molecule has 17 heavy (non-hydrogen) atoms. The van der Waals surface area contributed by atoms with E-state index in [1.54, 1.807) is 13.0 Å². The third-order valence-corrected chi connectivity index (χ3v) is 2.60. The highest BCUT2D eigenvalue weighted by Gasteiger charge is 2.06. The van der Waals surface area contributed by atoms with Gasteiger partial charge in [-0.1, -0.05) is 6.92 Å². The summed E-state index contributed by atoms with van der Waals surface area (Å²) in [6, 6.07) is 5.89. The summed E-state index contributed by atoms with van der Waals surface area (Å²) < 4.78 is 13.0. The maximum absolute atomic E-state index is 13.0. The van der Waals surface area contributed by atoms with Crippen molar-refractivity contribution in [1.82, 2.24) is 9.97 Å². The first kappa shape index (κ1) is 11.5. The van der Waals surface area contributed by atoms with Gasteiger partial charge in [0.25, 0.3) is 5.56 Å². The fraction of sp³-hybridized carbons (Fsp3) is 0.231. The second-order valence-corrected chi connectivity index (χ2v) is 3.90. The van der Waals surface area contributed by atoms with Gasteiger partial charge in [0.2, 0.25) is 0 Å². The van der Waals surface area contributed by atoms with Gasteiger partial charge in [0.1, 0.15) is 11.6 Å². The third-order valence-electron chi connectivity index (χ3n) is 2.60. The zero-order valence-corrected chi connectivity index (χ0v) is 9.75. The molecule has 0 aliphatic carbocycles. The Morgan fingerprint density at radius 3 is 2.76 bits per heavy atom. The molecule has 1 heterocycles. The summed E-state index contributed by atoms with van der Waals surface area (Å²) in [5, 5.41) is 0. The van der Waals surface area contributed by atoms with Crippen molar-refractivity contribution in [2.45, 2.75) is 20.3 Å². The van der Waals surface area contributed by atoms with Crippen LogP contribution in [0.5, 0.6) is 0 Å². The van der Waals surface area contributed by atoms with Crippen LogP contribution in [0.2, 0.25) is 0 Å². The second-order valence-electron chi connectivity index (χ2n) is 3.90. The number of aromatic nitrogens is 2. The van der Waals surface area contributed by atoms with Crippen LogP contribution in [0, 0.1) is 12.7 Å². The minimum Gasteiger partial charge on any atom is -0.307 e. The fourth-order valence-electron chi connectivity index (χ4n) is 1.71. The van der Waals surface area contributed by atoms with Crippen LogP contribution in [0.25, 0.3) is 11.4 Å². The van der Waals surface area contributed by atoms with Crippen LogP contribution < -0.4 is 5.56 Å². The lowest BCUT2D eigenvalue weighted by Gasteiger charge is -2.06. The number of benzene rings is 1. The first-order chi connectivity index (χ1) is 8.10. The number of aromatic amines is 1. The van der Waals surface area contributed by atoms with Gasteiger partial charge in [-0.25, -0.2) is 9.37 Å². The molecule has 0 spiro atoms. The van der Waals surface area contributed by atoms with Crippen molar-refractivity contribution < 1.29 is 4.39 Å². The predicted molar refractivity (Wildman–Crippen MR) is 64.4 cm³/mol. The summed E-state index contributed by atoms with van der Waals surface area (Å²) in [5.74, 6) is 0.201. The van der Waals surface area contributed by atoms with Crippen LogP contribution in [-0.2, 0) is 6.42 Å². The second kappa shape index (κ2) is 4.49. The van der Waals surface area contributed by atoms with Crippen molar-refractivity contribution >= 4 is 0 Å². The molecule has 0 unspecified atom stereocenters. The van der Waals surface area contributed by atoms with E-state index in [-0.39, 0.29) is 11.4 Å². The maximum atomic E-state index is 13.0. The minimum atomic E-state index is -0.291. The summed E-state index contributed by atoms with van der Waals surface area (Å²) in [6.07, 6.45) is 0.692. The minimum absolute atomic E-state index is 0.185. The van der Waals surface area contributed by atoms with Gasteiger partial charge >= 0.3 is 0 Å². The summed E-state index contributed by atoms with van der Waals surface area (Å²) in [4.78, 5) is 18.5. The molecule has 4 heteroatoms. The Kier molecular flexibility index (Phi) is 3.04. The lowest BCUT2D eigenvalue weighted by molar-refractivity contribution is 0.627. The quantitative estimate of drug-likeness (QED) is 0.864. The van der Waals surface area contributed by atoms with Gasteiger partial charge in [-0.3, -0.25) is 4.79 Å². The number of hydrogen-bond donors (Lipinski definition) is 1. The van der Waals surface area contributed by atoms with E-state index in [0.29, 0.717) is 12.2 Å². The van der Waals surface area contributed by atoms with Crippen LogP contribution in [0.4, 0.5) is 4.39 Å². The van der Waals surface area contributed by atoms with Crippen molar-refractivity contribution in [2.75, 3.05) is 0 Å². The van der Waals surface area contributed by atoms with E-state index in [1.807, 2.05) is 6.92 Å². The SMILES string of the molecule is CCc1cc(=O)[nH]c(-c2ccc(F)cc2C)n1. The van der Waals surface area contributed by atoms with E-state index in [1.165, 1.54) is 18.2 Å². The summed E-state index contributed by atoms with van der Waals surface area (Å²) in [6.45, 7) is 3.72. The van der Waals surface area contributed by atoms with Gasteiger partial charge in [-0.05, 0) is 37.1 Å². The van der Waals surface area contributed by atoms with E-state index >= 15 is 0 Å². The van der Waals surface area contributed by atoms with Gasteiger partial charge in [0.05, 0.1) is 0 Å². The highest BCUT2D eigenvalue weighted by molar-refractivity contribution is 5.59. The number of nitrogens with zero attached hydrogens (tertiary/aromatic N) is 1. The lowest BCUT2D eigenvalue weighted by atomic mass is 10.1. The molecule has 0 saturated carbocycles. The third kappa shape index (κ3) is 2.41. The molecule has 1 aromatic heterocycles. The predicted octanol–water partition coefficient (Wildman–Crippen LogP) is 2.45. The highest BCUT2D eigenvalue weighted by Crippen LogP contribution is 2.19. The Hall–Kier alpha value is -1.97. The molecule has 2 rings (SSSR count). The number of halogens is 1. The molecule has 0 aliphatic heterocycles. The Bertz CT molecular complexity index is 605. The summed E-state index contributed by atoms with van der Waals surface area (Å²) in [7, 11) is 0. The van der Waals surface area contributed by atoms with Crippen molar-refractivity contribution in [3.63, 3.8) is 0 Å². The van der Waals surface area contributed by atoms with E-state index < -0.39 is 0 Å². The summed E-state index contributed by atoms with van der Waals surface area (Å²) in [5.41, 5.74) is 2.04. The monoisotopic (exact) mass is 232 g/mol. The van der Waals surface area contributed by atoms with Crippen LogP contribution in [-0.4, -0.2) is 9.97 Å². The molecular weight excluding hydrogens is 219 g/mol. The Labute approximate surface area is 98.3 Å².